The Bertz CT molecular complexity index is 902. The number of carbonyl (C=O) groups excluding carboxylic acids is 2. The highest BCUT2D eigenvalue weighted by Gasteiger charge is 2.14. The van der Waals surface area contributed by atoms with Crippen molar-refractivity contribution >= 4 is 17.3 Å². The lowest BCUT2D eigenvalue weighted by Gasteiger charge is -2.11. The zero-order valence-corrected chi connectivity index (χ0v) is 14.4. The maximum atomic E-state index is 12.7. The van der Waals surface area contributed by atoms with Crippen LogP contribution in [0.15, 0.2) is 78.9 Å². The molecule has 1 N–H and O–H groups in total. The van der Waals surface area contributed by atoms with Gasteiger partial charge in [0, 0.05) is 22.4 Å². The van der Waals surface area contributed by atoms with Crippen LogP contribution in [0.2, 0.25) is 0 Å². The van der Waals surface area contributed by atoms with Crippen LogP contribution in [-0.4, -0.2) is 25.2 Å². The first-order valence-corrected chi connectivity index (χ1v) is 8.29. The van der Waals surface area contributed by atoms with Crippen LogP contribution >= 0.6 is 0 Å². The number of hydrogen-bond donors (Lipinski definition) is 1. The summed E-state index contributed by atoms with van der Waals surface area (Å²) in [6, 6.07) is 23.3. The van der Waals surface area contributed by atoms with Crippen molar-refractivity contribution in [1.29, 1.82) is 0 Å². The Hall–Kier alpha value is -3.40. The van der Waals surface area contributed by atoms with E-state index in [4.69, 9.17) is 4.74 Å². The van der Waals surface area contributed by atoms with Crippen LogP contribution in [0.3, 0.4) is 0 Å². The van der Waals surface area contributed by atoms with E-state index in [1.165, 1.54) is 0 Å². The molecule has 0 unspecified atom stereocenters. The molecule has 0 aliphatic heterocycles. The van der Waals surface area contributed by atoms with Gasteiger partial charge in [-0.3, -0.25) is 9.59 Å². The Labute approximate surface area is 152 Å². The average Bonchev–Trinajstić information content (AvgIpc) is 2.72. The van der Waals surface area contributed by atoms with E-state index in [-0.39, 0.29) is 18.1 Å². The predicted octanol–water partition coefficient (Wildman–Crippen LogP) is 4.22. The van der Waals surface area contributed by atoms with Gasteiger partial charge in [0.05, 0.1) is 13.7 Å². The van der Waals surface area contributed by atoms with Gasteiger partial charge in [0.25, 0.3) is 0 Å². The topological polar surface area (TPSA) is 55.4 Å². The largest absolute Gasteiger partial charge is 0.497 e. The first kappa shape index (κ1) is 17.4. The summed E-state index contributed by atoms with van der Waals surface area (Å²) in [7, 11) is 1.58. The number of methoxy groups -OCH3 is 1. The zero-order chi connectivity index (χ0) is 18.4. The highest BCUT2D eigenvalue weighted by molar-refractivity contribution is 6.12. The number of para-hydroxylation sites is 1. The Kier molecular flexibility index (Phi) is 5.44. The Morgan fingerprint density at radius 2 is 1.46 bits per heavy atom. The van der Waals surface area contributed by atoms with Crippen LogP contribution in [0.5, 0.6) is 5.75 Å². The minimum atomic E-state index is -0.0782. The smallest absolute Gasteiger partial charge is 0.195 e. The van der Waals surface area contributed by atoms with Crippen molar-refractivity contribution in [3.63, 3.8) is 0 Å². The van der Waals surface area contributed by atoms with E-state index in [9.17, 15) is 9.59 Å². The lowest BCUT2D eigenvalue weighted by atomic mass is 10.0. The van der Waals surface area contributed by atoms with Gasteiger partial charge in [-0.1, -0.05) is 42.5 Å². The molecule has 0 saturated carbocycles. The highest BCUT2D eigenvalue weighted by Crippen LogP contribution is 2.19. The van der Waals surface area contributed by atoms with E-state index >= 15 is 0 Å². The molecule has 3 aromatic carbocycles. The molecule has 0 aromatic heterocycles. The molecule has 0 aliphatic rings. The maximum absolute atomic E-state index is 12.7. The molecule has 3 aromatic rings. The summed E-state index contributed by atoms with van der Waals surface area (Å²) < 4.78 is 5.10. The van der Waals surface area contributed by atoms with Gasteiger partial charge in [-0.25, -0.2) is 0 Å². The molecule has 0 atom stereocenters. The van der Waals surface area contributed by atoms with Crippen LogP contribution in [0.4, 0.5) is 5.69 Å². The maximum Gasteiger partial charge on any atom is 0.195 e. The number of anilines is 1. The van der Waals surface area contributed by atoms with Gasteiger partial charge in [-0.05, 0) is 36.4 Å². The van der Waals surface area contributed by atoms with E-state index in [0.29, 0.717) is 28.1 Å². The molecule has 0 radical (unpaired) electrons. The van der Waals surface area contributed by atoms with Gasteiger partial charge >= 0.3 is 0 Å². The van der Waals surface area contributed by atoms with Crippen molar-refractivity contribution in [3.8, 4) is 5.75 Å². The summed E-state index contributed by atoms with van der Waals surface area (Å²) in [5, 5.41) is 3.09. The second-order valence-corrected chi connectivity index (χ2v) is 5.75. The van der Waals surface area contributed by atoms with Gasteiger partial charge in [0.1, 0.15) is 5.75 Å². The summed E-state index contributed by atoms with van der Waals surface area (Å²) in [6.07, 6.45) is 0. The number of ketones is 2. The van der Waals surface area contributed by atoms with E-state index in [2.05, 4.69) is 5.32 Å². The molecule has 26 heavy (non-hydrogen) atoms. The Balaban J connectivity index is 1.74. The fourth-order valence-electron chi connectivity index (χ4n) is 2.63. The van der Waals surface area contributed by atoms with Gasteiger partial charge in [0.2, 0.25) is 0 Å². The second-order valence-electron chi connectivity index (χ2n) is 5.75. The molecule has 4 nitrogen and oxygen atoms in total. The van der Waals surface area contributed by atoms with Gasteiger partial charge < -0.3 is 10.1 Å². The molecule has 0 fully saturated rings. The second kappa shape index (κ2) is 8.12. The minimum Gasteiger partial charge on any atom is -0.497 e. The number of hydrogen-bond acceptors (Lipinski definition) is 4. The number of Topliss-reactive ketones (excluding diaryl/α,β-unsaturated/α-hetero) is 1. The third-order valence-corrected chi connectivity index (χ3v) is 4.06. The van der Waals surface area contributed by atoms with Crippen molar-refractivity contribution in [2.75, 3.05) is 19.0 Å². The van der Waals surface area contributed by atoms with Gasteiger partial charge in [-0.15, -0.1) is 0 Å². The summed E-state index contributed by atoms with van der Waals surface area (Å²) in [4.78, 5) is 25.1. The Morgan fingerprint density at radius 3 is 2.15 bits per heavy atom. The SMILES string of the molecule is COc1ccc(C(=O)CNc2ccccc2C(=O)c2ccccc2)cc1. The number of carbonyl (C=O) groups is 2. The van der Waals surface area contributed by atoms with E-state index in [0.717, 1.165) is 0 Å². The quantitative estimate of drug-likeness (QED) is 0.651. The van der Waals surface area contributed by atoms with E-state index < -0.39 is 0 Å². The molecular formula is C22H19NO3. The van der Waals surface area contributed by atoms with Gasteiger partial charge in [-0.2, -0.15) is 0 Å². The number of benzene rings is 3. The first-order valence-electron chi connectivity index (χ1n) is 8.29. The van der Waals surface area contributed by atoms with E-state index in [1.54, 1.807) is 55.6 Å². The van der Waals surface area contributed by atoms with Crippen molar-refractivity contribution in [2.45, 2.75) is 0 Å². The lowest BCUT2D eigenvalue weighted by molar-refractivity contribution is 0.100. The molecule has 130 valence electrons. The number of ether oxygens (including phenoxy) is 1. The van der Waals surface area contributed by atoms with E-state index in [1.807, 2.05) is 30.3 Å². The third kappa shape index (κ3) is 3.98. The number of rotatable bonds is 7. The minimum absolute atomic E-state index is 0.0605. The molecule has 0 heterocycles. The molecular weight excluding hydrogens is 326 g/mol. The zero-order valence-electron chi connectivity index (χ0n) is 14.4. The Morgan fingerprint density at radius 1 is 0.808 bits per heavy atom. The van der Waals surface area contributed by atoms with Crippen molar-refractivity contribution in [1.82, 2.24) is 0 Å². The average molecular weight is 345 g/mol. The molecule has 0 aliphatic carbocycles. The summed E-state index contributed by atoms with van der Waals surface area (Å²) in [5.41, 5.74) is 2.39. The molecule has 0 amide bonds. The van der Waals surface area contributed by atoms with Crippen LogP contribution in [0.25, 0.3) is 0 Å². The molecule has 4 heteroatoms. The van der Waals surface area contributed by atoms with Crippen LogP contribution in [0, 0.1) is 0 Å². The monoisotopic (exact) mass is 345 g/mol. The standard InChI is InChI=1S/C22H19NO3/c1-26-18-13-11-16(12-14-18)21(24)15-23-20-10-6-5-9-19(20)22(25)17-7-3-2-4-8-17/h2-14,23H,15H2,1H3. The summed E-state index contributed by atoms with van der Waals surface area (Å²) >= 11 is 0. The number of nitrogens with one attached hydrogen (secondary N) is 1. The fourth-order valence-corrected chi connectivity index (χ4v) is 2.63. The van der Waals surface area contributed by atoms with Crippen LogP contribution < -0.4 is 10.1 Å². The molecule has 0 bridgehead atoms. The first-order chi connectivity index (χ1) is 12.7. The molecule has 0 saturated heterocycles. The van der Waals surface area contributed by atoms with Crippen molar-refractivity contribution < 1.29 is 14.3 Å². The van der Waals surface area contributed by atoms with Gasteiger partial charge in [0.15, 0.2) is 11.6 Å². The van der Waals surface area contributed by atoms with Crippen molar-refractivity contribution in [3.05, 3.63) is 95.6 Å². The lowest BCUT2D eigenvalue weighted by Crippen LogP contribution is -2.16. The molecule has 3 rings (SSSR count). The highest BCUT2D eigenvalue weighted by atomic mass is 16.5. The summed E-state index contributed by atoms with van der Waals surface area (Å²) in [6.45, 7) is 0.103. The fraction of sp³-hybridized carbons (Fsp3) is 0.0909. The van der Waals surface area contributed by atoms with Crippen molar-refractivity contribution in [2.24, 2.45) is 0 Å². The summed E-state index contributed by atoms with van der Waals surface area (Å²) in [5.74, 6) is 0.563. The third-order valence-electron chi connectivity index (χ3n) is 4.06. The van der Waals surface area contributed by atoms with Crippen LogP contribution in [0.1, 0.15) is 26.3 Å². The molecule has 0 spiro atoms. The normalized spacial score (nSPS) is 10.2. The predicted molar refractivity (Wildman–Crippen MR) is 102 cm³/mol. The van der Waals surface area contributed by atoms with Crippen LogP contribution in [-0.2, 0) is 0 Å².